The minimum Gasteiger partial charge on any atom is -0.545 e. The van der Waals surface area contributed by atoms with Gasteiger partial charge in [-0.3, -0.25) is 0 Å². The maximum absolute atomic E-state index is 9.14. The van der Waals surface area contributed by atoms with E-state index < -0.39 is 35.8 Å². The second-order valence-electron chi connectivity index (χ2n) is 3.14. The fourth-order valence-corrected chi connectivity index (χ4v) is 0. The molecule has 0 aromatic rings. The fraction of sp³-hybridized carbons (Fsp3) is 0. The number of rotatable bonds is 6. The summed E-state index contributed by atoms with van der Waals surface area (Å²) in [5.41, 5.74) is 0. The van der Waals surface area contributed by atoms with Crippen LogP contribution in [0.1, 0.15) is 0 Å². The molecule has 31 heavy (non-hydrogen) atoms. The summed E-state index contributed by atoms with van der Waals surface area (Å²) >= 11 is 0. The number of aliphatic carboxylic acids is 6. The monoisotopic (exact) mass is 524 g/mol. The maximum atomic E-state index is 9.14. The summed E-state index contributed by atoms with van der Waals surface area (Å²) in [4.78, 5) is 54.8. The van der Waals surface area contributed by atoms with Gasteiger partial charge in [-0.25, -0.2) is 0 Å². The van der Waals surface area contributed by atoms with Crippen LogP contribution in [0.5, 0.6) is 0 Å². The molecule has 168 valence electrons. The van der Waals surface area contributed by atoms with Gasteiger partial charge in [0, 0.05) is 0 Å². The first kappa shape index (κ1) is 45.6. The van der Waals surface area contributed by atoms with Gasteiger partial charge < -0.3 is 59.4 Å². The molecule has 0 heterocycles. The first-order valence-corrected chi connectivity index (χ1v) is 6.63. The van der Waals surface area contributed by atoms with Gasteiger partial charge in [0.2, 0.25) is 0 Å². The molecular formula is C18H18MoO12. The summed E-state index contributed by atoms with van der Waals surface area (Å²) in [6.45, 7) is 17.4. The molecule has 0 aliphatic heterocycles. The Kier molecular flexibility index (Phi) is 59.7. The van der Waals surface area contributed by atoms with Gasteiger partial charge in [0.15, 0.2) is 0 Å². The molecule has 0 unspecified atom stereocenters. The molecular weight excluding hydrogens is 504 g/mol. The van der Waals surface area contributed by atoms with E-state index in [9.17, 15) is 0 Å². The molecule has 0 rings (SSSR count). The maximum Gasteiger partial charge on any atom is 6.00 e. The van der Waals surface area contributed by atoms with Crippen LogP contribution in [0.25, 0.3) is 0 Å². The average Bonchev–Trinajstić information content (AvgIpc) is 2.69. The van der Waals surface area contributed by atoms with Crippen LogP contribution in [-0.2, 0) is 49.8 Å². The number of carbonyl (C=O) groups is 6. The molecule has 13 heteroatoms. The van der Waals surface area contributed by atoms with Crippen molar-refractivity contribution in [2.24, 2.45) is 0 Å². The Bertz CT molecular complexity index is 481. The van der Waals surface area contributed by atoms with Crippen LogP contribution in [0.4, 0.5) is 0 Å². The van der Waals surface area contributed by atoms with Crippen molar-refractivity contribution in [3.8, 4) is 0 Å². The molecule has 12 nitrogen and oxygen atoms in total. The molecule has 0 atom stereocenters. The van der Waals surface area contributed by atoms with Crippen molar-refractivity contribution in [1.29, 1.82) is 0 Å². The third-order valence-electron chi connectivity index (χ3n) is 1.00. The van der Waals surface area contributed by atoms with E-state index in [2.05, 4.69) is 39.5 Å². The van der Waals surface area contributed by atoms with Crippen molar-refractivity contribution >= 4 is 35.8 Å². The zero-order chi connectivity index (χ0) is 25.7. The predicted molar refractivity (Wildman–Crippen MR) is 91.2 cm³/mol. The van der Waals surface area contributed by atoms with Gasteiger partial charge in [-0.2, -0.15) is 0 Å². The van der Waals surface area contributed by atoms with Gasteiger partial charge in [0.25, 0.3) is 0 Å². The molecule has 0 saturated carbocycles. The topological polar surface area (TPSA) is 241 Å². The molecule has 0 saturated heterocycles. The summed E-state index contributed by atoms with van der Waals surface area (Å²) in [7, 11) is 0. The summed E-state index contributed by atoms with van der Waals surface area (Å²) in [5.74, 6) is -7.39. The van der Waals surface area contributed by atoms with Gasteiger partial charge in [0.1, 0.15) is 0 Å². The van der Waals surface area contributed by atoms with E-state index in [1.54, 1.807) is 0 Å². The van der Waals surface area contributed by atoms with Crippen LogP contribution in [0.3, 0.4) is 0 Å². The molecule has 0 amide bonds. The minimum atomic E-state index is -1.23. The van der Waals surface area contributed by atoms with E-state index in [-0.39, 0.29) is 21.1 Å². The van der Waals surface area contributed by atoms with Crippen LogP contribution >= 0.6 is 0 Å². The molecule has 0 N–H and O–H groups in total. The van der Waals surface area contributed by atoms with E-state index in [0.717, 1.165) is 36.5 Å². The van der Waals surface area contributed by atoms with E-state index in [4.69, 9.17) is 59.4 Å². The second-order valence-corrected chi connectivity index (χ2v) is 3.14. The number of hydrogen-bond acceptors (Lipinski definition) is 12. The Morgan fingerprint density at radius 2 is 0.387 bits per heavy atom. The Hall–Kier alpha value is -4.05. The molecule has 0 fully saturated rings. The van der Waals surface area contributed by atoms with Crippen LogP contribution in [-0.4, -0.2) is 35.8 Å². The molecule has 0 aliphatic carbocycles. The van der Waals surface area contributed by atoms with Crippen LogP contribution < -0.4 is 30.6 Å². The Morgan fingerprint density at radius 3 is 0.387 bits per heavy atom. The minimum absolute atomic E-state index is 0. The molecule has 0 aromatic carbocycles. The molecule has 0 spiro atoms. The van der Waals surface area contributed by atoms with Crippen molar-refractivity contribution < 1.29 is 80.5 Å². The summed E-state index contributed by atoms with van der Waals surface area (Å²) in [5, 5.41) is 54.8. The number of hydrogen-bond donors (Lipinski definition) is 0. The van der Waals surface area contributed by atoms with Crippen molar-refractivity contribution in [1.82, 2.24) is 0 Å². The van der Waals surface area contributed by atoms with E-state index in [1.807, 2.05) is 0 Å². The van der Waals surface area contributed by atoms with Crippen molar-refractivity contribution in [2.45, 2.75) is 0 Å². The van der Waals surface area contributed by atoms with Crippen molar-refractivity contribution in [2.75, 3.05) is 0 Å². The first-order chi connectivity index (χ1) is 13.6. The molecule has 0 radical (unpaired) electrons. The molecule has 0 bridgehead atoms. The quantitative estimate of drug-likeness (QED) is 0.234. The summed E-state index contributed by atoms with van der Waals surface area (Å²) in [6.07, 6.45) is 4.33. The first-order valence-electron chi connectivity index (χ1n) is 6.63. The van der Waals surface area contributed by atoms with Gasteiger partial charge in [-0.1, -0.05) is 39.5 Å². The van der Waals surface area contributed by atoms with E-state index >= 15 is 0 Å². The van der Waals surface area contributed by atoms with Gasteiger partial charge in [0.05, 0.1) is 35.8 Å². The zero-order valence-electron chi connectivity index (χ0n) is 16.0. The van der Waals surface area contributed by atoms with Crippen LogP contribution in [0.2, 0.25) is 0 Å². The standard InChI is InChI=1S/6C3H4O2.Mo/c6*1-2-3(4)5;/h6*2H,1H2,(H,4,5);/q;;;;;;+6/p-6. The summed E-state index contributed by atoms with van der Waals surface area (Å²) in [6, 6.07) is 0. The second kappa shape index (κ2) is 40.6. The van der Waals surface area contributed by atoms with E-state index in [1.165, 1.54) is 0 Å². The fourth-order valence-electron chi connectivity index (χ4n) is 0. The summed E-state index contributed by atoms with van der Waals surface area (Å²) < 4.78 is 0. The Labute approximate surface area is 192 Å². The van der Waals surface area contributed by atoms with Crippen LogP contribution in [0, 0.1) is 0 Å². The number of carbonyl (C=O) groups excluding carboxylic acids is 6. The third-order valence-corrected chi connectivity index (χ3v) is 1.00. The normalized spacial score (nSPS) is 6.19. The molecule has 0 aliphatic rings. The van der Waals surface area contributed by atoms with Crippen molar-refractivity contribution in [3.63, 3.8) is 0 Å². The van der Waals surface area contributed by atoms with Gasteiger partial charge >= 0.3 is 21.1 Å². The Morgan fingerprint density at radius 1 is 0.355 bits per heavy atom. The van der Waals surface area contributed by atoms with Crippen LogP contribution in [0.15, 0.2) is 75.9 Å². The van der Waals surface area contributed by atoms with E-state index in [0.29, 0.717) is 0 Å². The third kappa shape index (κ3) is 236. The van der Waals surface area contributed by atoms with Gasteiger partial charge in [-0.05, 0) is 36.5 Å². The molecule has 0 aromatic heterocycles. The largest absolute Gasteiger partial charge is 6.00 e. The Balaban J connectivity index is -0.0000000443. The smallest absolute Gasteiger partial charge is 0.545 e. The number of carboxylic acids is 6. The SMILES string of the molecule is C=CC(=O)[O-].C=CC(=O)[O-].C=CC(=O)[O-].C=CC(=O)[O-].C=CC(=O)[O-].C=CC(=O)[O-].[Mo+6]. The predicted octanol–water partition coefficient (Wildman–Crippen LogP) is -6.47. The average molecular weight is 522 g/mol. The van der Waals surface area contributed by atoms with Gasteiger partial charge in [-0.15, -0.1) is 0 Å². The van der Waals surface area contributed by atoms with Crippen molar-refractivity contribution in [3.05, 3.63) is 75.9 Å². The zero-order valence-corrected chi connectivity index (χ0v) is 18.0. The number of carboxylic acid groups (broad SMARTS) is 6.